The number of nitrogens with one attached hydrogen (secondary N) is 1. The molecule has 0 spiro atoms. The standard InChI is InChI=1S/C37H64N2O2/c1-24(2)25-14-19-37(31(41)38-22-32(3,4)23-39(10)11)21-20-35(8)26(30(25)37)12-13-28-34(7)17-16-29(40)33(5,6)27(34)15-18-36(28,35)9/h25-30,40H,1,12-23H2,2-11H3,(H,38,41)/t25-,26+,27-,28+,29-,30+,34-,35+,36+,37-/m0/s1. The molecule has 0 aromatic rings. The van der Waals surface area contributed by atoms with Crippen LogP contribution in [-0.2, 0) is 4.79 Å². The van der Waals surface area contributed by atoms with Crippen molar-refractivity contribution in [3.8, 4) is 0 Å². The minimum absolute atomic E-state index is 0.0112. The molecule has 41 heavy (non-hydrogen) atoms. The number of hydrogen-bond acceptors (Lipinski definition) is 3. The third kappa shape index (κ3) is 4.53. The van der Waals surface area contributed by atoms with Crippen molar-refractivity contribution in [3.63, 3.8) is 0 Å². The molecule has 4 heteroatoms. The second kappa shape index (κ2) is 10.1. The van der Waals surface area contributed by atoms with Crippen molar-refractivity contribution in [2.75, 3.05) is 27.2 Å². The molecule has 10 atom stereocenters. The van der Waals surface area contributed by atoms with E-state index >= 15 is 0 Å². The molecule has 5 aliphatic rings. The number of carbonyl (C=O) groups excluding carboxylic acids is 1. The van der Waals surface area contributed by atoms with E-state index in [1.54, 1.807) is 0 Å². The van der Waals surface area contributed by atoms with Crippen LogP contribution in [0, 0.1) is 62.1 Å². The Balaban J connectivity index is 1.47. The van der Waals surface area contributed by atoms with Gasteiger partial charge in [-0.15, -0.1) is 0 Å². The fourth-order valence-corrected chi connectivity index (χ4v) is 12.9. The van der Waals surface area contributed by atoms with Crippen LogP contribution in [0.2, 0.25) is 0 Å². The van der Waals surface area contributed by atoms with Crippen LogP contribution < -0.4 is 5.32 Å². The first-order valence-electron chi connectivity index (χ1n) is 17.1. The largest absolute Gasteiger partial charge is 0.393 e. The summed E-state index contributed by atoms with van der Waals surface area (Å²) in [5.74, 6) is 3.06. The summed E-state index contributed by atoms with van der Waals surface area (Å²) in [4.78, 5) is 16.6. The van der Waals surface area contributed by atoms with Crippen LogP contribution in [0.15, 0.2) is 12.2 Å². The second-order valence-corrected chi connectivity index (χ2v) is 18.3. The lowest BCUT2D eigenvalue weighted by Crippen LogP contribution is -2.67. The first-order chi connectivity index (χ1) is 18.9. The van der Waals surface area contributed by atoms with E-state index in [1.807, 2.05) is 0 Å². The molecule has 0 bridgehead atoms. The van der Waals surface area contributed by atoms with Gasteiger partial charge in [-0.2, -0.15) is 0 Å². The Morgan fingerprint density at radius 2 is 1.59 bits per heavy atom. The summed E-state index contributed by atoms with van der Waals surface area (Å²) in [6, 6.07) is 0. The first kappa shape index (κ1) is 31.6. The predicted octanol–water partition coefficient (Wildman–Crippen LogP) is 7.71. The number of fused-ring (bicyclic) bond motifs is 7. The van der Waals surface area contributed by atoms with E-state index < -0.39 is 0 Å². The van der Waals surface area contributed by atoms with Gasteiger partial charge >= 0.3 is 0 Å². The molecule has 1 amide bonds. The zero-order valence-electron chi connectivity index (χ0n) is 28.5. The summed E-state index contributed by atoms with van der Waals surface area (Å²) >= 11 is 0. The highest BCUT2D eigenvalue weighted by atomic mass is 16.3. The lowest BCUT2D eigenvalue weighted by atomic mass is 9.32. The molecule has 5 fully saturated rings. The molecule has 0 saturated heterocycles. The van der Waals surface area contributed by atoms with Crippen LogP contribution in [0.1, 0.15) is 120 Å². The molecule has 0 radical (unpaired) electrons. The van der Waals surface area contributed by atoms with Crippen molar-refractivity contribution < 1.29 is 9.90 Å². The highest BCUT2D eigenvalue weighted by Gasteiger charge is 2.71. The summed E-state index contributed by atoms with van der Waals surface area (Å²) < 4.78 is 0. The van der Waals surface area contributed by atoms with Gasteiger partial charge in [0, 0.05) is 13.1 Å². The minimum Gasteiger partial charge on any atom is -0.393 e. The second-order valence-electron chi connectivity index (χ2n) is 18.3. The number of aliphatic hydroxyl groups is 1. The van der Waals surface area contributed by atoms with Gasteiger partial charge in [0.15, 0.2) is 0 Å². The van der Waals surface area contributed by atoms with Crippen LogP contribution in [0.25, 0.3) is 0 Å². The molecule has 0 aromatic carbocycles. The number of aliphatic hydroxyl groups excluding tert-OH is 1. The third-order valence-electron chi connectivity index (χ3n) is 15.0. The number of rotatable bonds is 6. The summed E-state index contributed by atoms with van der Waals surface area (Å²) in [6.45, 7) is 25.6. The van der Waals surface area contributed by atoms with Crippen molar-refractivity contribution in [2.45, 2.75) is 126 Å². The van der Waals surface area contributed by atoms with Crippen molar-refractivity contribution in [1.29, 1.82) is 0 Å². The van der Waals surface area contributed by atoms with Crippen molar-refractivity contribution in [1.82, 2.24) is 10.2 Å². The van der Waals surface area contributed by atoms with Gasteiger partial charge in [0.25, 0.3) is 0 Å². The fraction of sp³-hybridized carbons (Fsp3) is 0.919. The van der Waals surface area contributed by atoms with Gasteiger partial charge in [-0.3, -0.25) is 4.79 Å². The Morgan fingerprint density at radius 1 is 0.902 bits per heavy atom. The van der Waals surface area contributed by atoms with E-state index in [9.17, 15) is 9.90 Å². The molecule has 5 rings (SSSR count). The highest BCUT2D eigenvalue weighted by molar-refractivity contribution is 5.84. The smallest absolute Gasteiger partial charge is 0.226 e. The summed E-state index contributed by atoms with van der Waals surface area (Å²) in [5, 5.41) is 14.6. The van der Waals surface area contributed by atoms with E-state index in [0.29, 0.717) is 35.5 Å². The maximum absolute atomic E-state index is 14.4. The minimum atomic E-state index is -0.247. The normalized spacial score (nSPS) is 47.1. The Labute approximate surface area is 252 Å². The summed E-state index contributed by atoms with van der Waals surface area (Å²) in [6.07, 6.45) is 11.3. The van der Waals surface area contributed by atoms with Crippen LogP contribution in [0.4, 0.5) is 0 Å². The maximum Gasteiger partial charge on any atom is 0.226 e. The van der Waals surface area contributed by atoms with E-state index in [-0.39, 0.29) is 38.6 Å². The average molecular weight is 569 g/mol. The molecule has 0 aliphatic heterocycles. The quantitative estimate of drug-likeness (QED) is 0.323. The third-order valence-corrected chi connectivity index (χ3v) is 15.0. The molecule has 0 unspecified atom stereocenters. The van der Waals surface area contributed by atoms with E-state index in [4.69, 9.17) is 0 Å². The molecule has 2 N–H and O–H groups in total. The molecule has 234 valence electrons. The van der Waals surface area contributed by atoms with E-state index in [1.165, 1.54) is 37.7 Å². The van der Waals surface area contributed by atoms with Crippen LogP contribution in [0.5, 0.6) is 0 Å². The number of allylic oxidation sites excluding steroid dienone is 1. The van der Waals surface area contributed by atoms with Crippen LogP contribution >= 0.6 is 0 Å². The zero-order valence-corrected chi connectivity index (χ0v) is 28.5. The van der Waals surface area contributed by atoms with Gasteiger partial charge in [-0.1, -0.05) is 60.6 Å². The monoisotopic (exact) mass is 568 g/mol. The zero-order chi connectivity index (χ0) is 30.4. The average Bonchev–Trinajstić information content (AvgIpc) is 3.26. The molecule has 0 heterocycles. The Kier molecular flexibility index (Phi) is 7.76. The molecular weight excluding hydrogens is 504 g/mol. The Morgan fingerprint density at radius 3 is 2.22 bits per heavy atom. The van der Waals surface area contributed by atoms with Gasteiger partial charge in [0.1, 0.15) is 0 Å². The number of amides is 1. The Hall–Kier alpha value is -0.870. The maximum atomic E-state index is 14.4. The van der Waals surface area contributed by atoms with Gasteiger partial charge < -0.3 is 15.3 Å². The SMILES string of the molecule is C=C(C)[C@@H]1CC[C@]2(C(=O)NCC(C)(C)CN(C)C)CC[C@]3(C)[C@H](CC[C@@H]4[C@@]5(C)CC[C@H](O)C(C)(C)[C@@H]5CC[C@]43C)[C@@H]12. The number of nitrogens with zero attached hydrogens (tertiary/aromatic N) is 1. The number of hydrogen-bond donors (Lipinski definition) is 2. The van der Waals surface area contributed by atoms with Crippen LogP contribution in [0.3, 0.4) is 0 Å². The Bertz CT molecular complexity index is 1050. The highest BCUT2D eigenvalue weighted by Crippen LogP contribution is 2.77. The topological polar surface area (TPSA) is 52.6 Å². The van der Waals surface area contributed by atoms with Gasteiger partial charge in [0.2, 0.25) is 5.91 Å². The van der Waals surface area contributed by atoms with E-state index in [0.717, 1.165) is 45.2 Å². The number of carbonyl (C=O) groups is 1. The first-order valence-corrected chi connectivity index (χ1v) is 17.1. The van der Waals surface area contributed by atoms with Gasteiger partial charge in [-0.05, 0) is 142 Å². The van der Waals surface area contributed by atoms with E-state index in [2.05, 4.69) is 86.3 Å². The van der Waals surface area contributed by atoms with Crippen LogP contribution in [-0.4, -0.2) is 49.2 Å². The molecule has 5 aliphatic carbocycles. The van der Waals surface area contributed by atoms with Gasteiger partial charge in [0.05, 0.1) is 11.5 Å². The predicted molar refractivity (Wildman–Crippen MR) is 170 cm³/mol. The lowest BCUT2D eigenvalue weighted by Gasteiger charge is -2.72. The molecular formula is C37H64N2O2. The fourth-order valence-electron chi connectivity index (χ4n) is 12.9. The van der Waals surface area contributed by atoms with Crippen molar-refractivity contribution in [2.24, 2.45) is 62.1 Å². The molecule has 5 saturated carbocycles. The van der Waals surface area contributed by atoms with Crippen molar-refractivity contribution in [3.05, 3.63) is 12.2 Å². The molecule has 4 nitrogen and oxygen atoms in total. The van der Waals surface area contributed by atoms with Crippen molar-refractivity contribution >= 4 is 5.91 Å². The van der Waals surface area contributed by atoms with Gasteiger partial charge in [-0.25, -0.2) is 0 Å². The summed E-state index contributed by atoms with van der Waals surface area (Å²) in [5.41, 5.74) is 1.89. The summed E-state index contributed by atoms with van der Waals surface area (Å²) in [7, 11) is 4.24. The lowest BCUT2D eigenvalue weighted by molar-refractivity contribution is -0.246. The molecule has 0 aromatic heterocycles.